The lowest BCUT2D eigenvalue weighted by atomic mass is 9.80. The van der Waals surface area contributed by atoms with Gasteiger partial charge >= 0.3 is 6.18 Å². The van der Waals surface area contributed by atoms with Crippen LogP contribution in [0.25, 0.3) is 0 Å². The van der Waals surface area contributed by atoms with Crippen LogP contribution >= 0.6 is 0 Å². The van der Waals surface area contributed by atoms with Gasteiger partial charge in [-0.15, -0.1) is 0 Å². The first-order chi connectivity index (χ1) is 13.2. The summed E-state index contributed by atoms with van der Waals surface area (Å²) >= 11 is 0. The van der Waals surface area contributed by atoms with E-state index in [0.717, 1.165) is 0 Å². The van der Waals surface area contributed by atoms with E-state index in [2.05, 4.69) is 5.32 Å². The summed E-state index contributed by atoms with van der Waals surface area (Å²) in [6.07, 6.45) is -3.66. The van der Waals surface area contributed by atoms with Crippen LogP contribution in [0.5, 0.6) is 0 Å². The van der Waals surface area contributed by atoms with Crippen LogP contribution in [0.4, 0.5) is 18.9 Å². The highest BCUT2D eigenvalue weighted by atomic mass is 32.2. The summed E-state index contributed by atoms with van der Waals surface area (Å²) in [6.45, 7) is 1.24. The number of carbonyl (C=O) groups excluding carboxylic acids is 1. The summed E-state index contributed by atoms with van der Waals surface area (Å²) in [5.74, 6) is -2.60. The maximum atomic E-state index is 12.9. The second-order valence-corrected chi connectivity index (χ2v) is 9.07. The Morgan fingerprint density at radius 2 is 1.75 bits per heavy atom. The molecule has 0 aromatic heterocycles. The number of morpholine rings is 1. The molecule has 1 aromatic carbocycles. The lowest BCUT2D eigenvalue weighted by Gasteiger charge is -2.29. The molecule has 1 amide bonds. The van der Waals surface area contributed by atoms with Crippen LogP contribution in [-0.2, 0) is 19.6 Å². The van der Waals surface area contributed by atoms with E-state index in [0.29, 0.717) is 31.7 Å². The molecule has 1 aromatic rings. The van der Waals surface area contributed by atoms with E-state index in [9.17, 15) is 26.4 Å². The molecular formula is C18H23F3N2O4S. The molecule has 0 spiro atoms. The number of rotatable bonds is 4. The fraction of sp³-hybridized carbons (Fsp3) is 0.611. The zero-order valence-electron chi connectivity index (χ0n) is 15.2. The maximum Gasteiger partial charge on any atom is 0.391 e. The first-order valence-electron chi connectivity index (χ1n) is 9.23. The number of halogens is 3. The van der Waals surface area contributed by atoms with Crippen molar-refractivity contribution >= 4 is 21.6 Å². The fourth-order valence-corrected chi connectivity index (χ4v) is 5.02. The van der Waals surface area contributed by atoms with Crippen LogP contribution in [0, 0.1) is 11.8 Å². The molecule has 28 heavy (non-hydrogen) atoms. The van der Waals surface area contributed by atoms with Gasteiger partial charge in [0.1, 0.15) is 0 Å². The van der Waals surface area contributed by atoms with Crippen molar-refractivity contribution in [2.24, 2.45) is 11.8 Å². The van der Waals surface area contributed by atoms with Crippen molar-refractivity contribution in [2.75, 3.05) is 31.6 Å². The van der Waals surface area contributed by atoms with Gasteiger partial charge in [0.15, 0.2) is 0 Å². The molecule has 2 atom stereocenters. The lowest BCUT2D eigenvalue weighted by molar-refractivity contribution is -0.185. The van der Waals surface area contributed by atoms with Gasteiger partial charge in [-0.3, -0.25) is 4.79 Å². The highest BCUT2D eigenvalue weighted by molar-refractivity contribution is 7.89. The normalized spacial score (nSPS) is 24.7. The molecule has 3 rings (SSSR count). The predicted octanol–water partition coefficient (Wildman–Crippen LogP) is 3.01. The summed E-state index contributed by atoms with van der Waals surface area (Å²) in [5, 5.41) is 2.61. The monoisotopic (exact) mass is 420 g/mol. The van der Waals surface area contributed by atoms with Crippen molar-refractivity contribution in [2.45, 2.75) is 36.8 Å². The number of alkyl halides is 3. The Balaban J connectivity index is 1.63. The van der Waals surface area contributed by atoms with Gasteiger partial charge < -0.3 is 10.1 Å². The second-order valence-electron chi connectivity index (χ2n) is 7.13. The van der Waals surface area contributed by atoms with Crippen molar-refractivity contribution in [1.29, 1.82) is 0 Å². The molecule has 6 nitrogen and oxygen atoms in total. The highest BCUT2D eigenvalue weighted by Crippen LogP contribution is 2.40. The van der Waals surface area contributed by atoms with Gasteiger partial charge in [0.2, 0.25) is 15.9 Å². The van der Waals surface area contributed by atoms with E-state index < -0.39 is 33.9 Å². The predicted molar refractivity (Wildman–Crippen MR) is 96.2 cm³/mol. The van der Waals surface area contributed by atoms with Crippen molar-refractivity contribution in [3.05, 3.63) is 24.3 Å². The van der Waals surface area contributed by atoms with Crippen LogP contribution in [0.15, 0.2) is 29.2 Å². The van der Waals surface area contributed by atoms with E-state index in [1.807, 2.05) is 0 Å². The van der Waals surface area contributed by atoms with E-state index in [1.54, 1.807) is 0 Å². The fourth-order valence-electron chi connectivity index (χ4n) is 3.62. The third-order valence-electron chi connectivity index (χ3n) is 5.24. The number of hydrogen-bond donors (Lipinski definition) is 1. The number of amides is 1. The van der Waals surface area contributed by atoms with E-state index in [1.165, 1.54) is 28.6 Å². The Morgan fingerprint density at radius 1 is 1.11 bits per heavy atom. The molecule has 0 bridgehead atoms. The molecule has 0 radical (unpaired) electrons. The van der Waals surface area contributed by atoms with Crippen molar-refractivity contribution in [1.82, 2.24) is 4.31 Å². The number of anilines is 1. The molecule has 1 saturated heterocycles. The third kappa shape index (κ3) is 4.84. The van der Waals surface area contributed by atoms with Crippen molar-refractivity contribution in [3.63, 3.8) is 0 Å². The molecule has 1 saturated carbocycles. The van der Waals surface area contributed by atoms with E-state index >= 15 is 0 Å². The minimum absolute atomic E-state index is 0.0569. The van der Waals surface area contributed by atoms with Gasteiger partial charge in [0.25, 0.3) is 0 Å². The zero-order valence-corrected chi connectivity index (χ0v) is 16.1. The molecular weight excluding hydrogens is 397 g/mol. The molecule has 2 aliphatic rings. The summed E-state index contributed by atoms with van der Waals surface area (Å²) in [6, 6.07) is 5.68. The first kappa shape index (κ1) is 21.1. The number of nitrogens with zero attached hydrogens (tertiary/aromatic N) is 1. The van der Waals surface area contributed by atoms with Crippen LogP contribution < -0.4 is 5.32 Å². The maximum absolute atomic E-state index is 12.9. The molecule has 2 fully saturated rings. The van der Waals surface area contributed by atoms with Crippen LogP contribution in [-0.4, -0.2) is 51.1 Å². The van der Waals surface area contributed by atoms with Gasteiger partial charge in [0.05, 0.1) is 24.0 Å². The first-order valence-corrected chi connectivity index (χ1v) is 10.7. The largest absolute Gasteiger partial charge is 0.391 e. The Labute approximate surface area is 162 Å². The second kappa shape index (κ2) is 8.38. The highest BCUT2D eigenvalue weighted by Gasteiger charge is 2.43. The Morgan fingerprint density at radius 3 is 2.36 bits per heavy atom. The number of nitrogens with one attached hydrogen (secondary N) is 1. The summed E-state index contributed by atoms with van der Waals surface area (Å²) in [5.41, 5.74) is 0.361. The number of sulfonamides is 1. The standard InChI is InChI=1S/C18H23F3N2O4S/c19-18(20,21)14-3-1-2-13(12-14)17(24)22-15-4-6-16(7-5-15)28(25,26)23-8-10-27-11-9-23/h4-7,13-14H,1-3,8-12H2,(H,22,24)/t13-,14+/m0/s1. The summed E-state index contributed by atoms with van der Waals surface area (Å²) in [7, 11) is -3.64. The van der Waals surface area contributed by atoms with Crippen molar-refractivity contribution in [3.8, 4) is 0 Å². The van der Waals surface area contributed by atoms with Gasteiger partial charge in [-0.1, -0.05) is 6.42 Å². The van der Waals surface area contributed by atoms with Gasteiger partial charge in [-0.25, -0.2) is 8.42 Å². The number of carbonyl (C=O) groups is 1. The molecule has 1 heterocycles. The smallest absolute Gasteiger partial charge is 0.379 e. The molecule has 10 heteroatoms. The zero-order chi connectivity index (χ0) is 20.4. The van der Waals surface area contributed by atoms with Crippen LogP contribution in [0.2, 0.25) is 0 Å². The molecule has 1 N–H and O–H groups in total. The van der Waals surface area contributed by atoms with E-state index in [4.69, 9.17) is 4.74 Å². The van der Waals surface area contributed by atoms with Crippen molar-refractivity contribution < 1.29 is 31.1 Å². The van der Waals surface area contributed by atoms with Gasteiger partial charge in [-0.05, 0) is 43.5 Å². The SMILES string of the molecule is O=C(Nc1ccc(S(=O)(=O)N2CCOCC2)cc1)[C@H]1CCC[C@@H](C(F)(F)F)C1. The van der Waals surface area contributed by atoms with Gasteiger partial charge in [0, 0.05) is 24.7 Å². The minimum atomic E-state index is -4.28. The Bertz CT molecular complexity index is 790. The van der Waals surface area contributed by atoms with Crippen LogP contribution in [0.3, 0.4) is 0 Å². The average molecular weight is 420 g/mol. The Kier molecular flexibility index (Phi) is 6.31. The quantitative estimate of drug-likeness (QED) is 0.813. The number of hydrogen-bond acceptors (Lipinski definition) is 4. The molecule has 1 aliphatic carbocycles. The van der Waals surface area contributed by atoms with Crippen LogP contribution in [0.1, 0.15) is 25.7 Å². The minimum Gasteiger partial charge on any atom is -0.379 e. The summed E-state index contributed by atoms with van der Waals surface area (Å²) < 4.78 is 70.4. The summed E-state index contributed by atoms with van der Waals surface area (Å²) in [4.78, 5) is 12.4. The lowest BCUT2D eigenvalue weighted by Crippen LogP contribution is -2.40. The average Bonchev–Trinajstić information content (AvgIpc) is 2.68. The Hall–Kier alpha value is -1.65. The van der Waals surface area contributed by atoms with E-state index in [-0.39, 0.29) is 30.8 Å². The van der Waals surface area contributed by atoms with Gasteiger partial charge in [-0.2, -0.15) is 17.5 Å². The molecule has 0 unspecified atom stereocenters. The topological polar surface area (TPSA) is 75.7 Å². The number of ether oxygens (including phenoxy) is 1. The third-order valence-corrected chi connectivity index (χ3v) is 7.15. The molecule has 156 valence electrons. The molecule has 1 aliphatic heterocycles. The number of benzene rings is 1.